The molecule has 1 rings (SSSR count). The van der Waals surface area contributed by atoms with Gasteiger partial charge in [-0.25, -0.2) is 9.59 Å². The Morgan fingerprint density at radius 2 is 1.60 bits per heavy atom. The first kappa shape index (κ1) is 11.0. The maximum absolute atomic E-state index is 11.3. The molecule has 0 atom stereocenters. The van der Waals surface area contributed by atoms with E-state index < -0.39 is 28.5 Å². The lowest BCUT2D eigenvalue weighted by Gasteiger charge is -2.05. The van der Waals surface area contributed by atoms with E-state index in [0.29, 0.717) is 6.54 Å². The van der Waals surface area contributed by atoms with Gasteiger partial charge >= 0.3 is 11.9 Å². The Labute approximate surface area is 84.4 Å². The first-order chi connectivity index (χ1) is 6.97. The molecule has 1 heterocycles. The van der Waals surface area contributed by atoms with E-state index in [4.69, 9.17) is 10.2 Å². The maximum atomic E-state index is 11.3. The van der Waals surface area contributed by atoms with Crippen molar-refractivity contribution in [1.29, 1.82) is 0 Å². The number of pyridine rings is 1. The first-order valence-electron chi connectivity index (χ1n) is 4.18. The second-order valence-electron chi connectivity index (χ2n) is 2.86. The highest BCUT2D eigenvalue weighted by Gasteiger charge is 2.17. The minimum Gasteiger partial charge on any atom is -0.477 e. The standard InChI is InChI=1S/C9H9NO5/c1-2-10-3-5(8(12)13)7(11)6(4-10)9(14)15/h3-4H,2H2,1H3,(H,12,13)(H,14,15). The average molecular weight is 211 g/mol. The van der Waals surface area contributed by atoms with Crippen molar-refractivity contribution in [3.8, 4) is 0 Å². The van der Waals surface area contributed by atoms with Crippen LogP contribution in [0.25, 0.3) is 0 Å². The molecule has 0 spiro atoms. The van der Waals surface area contributed by atoms with Crippen LogP contribution >= 0.6 is 0 Å². The number of carboxylic acids is 2. The smallest absolute Gasteiger partial charge is 0.341 e. The van der Waals surface area contributed by atoms with Crippen LogP contribution in [0, 0.1) is 0 Å². The summed E-state index contributed by atoms with van der Waals surface area (Å²) >= 11 is 0. The van der Waals surface area contributed by atoms with Crippen LogP contribution in [0.4, 0.5) is 0 Å². The molecule has 6 heteroatoms. The molecule has 0 aliphatic rings. The molecule has 6 nitrogen and oxygen atoms in total. The number of carbonyl (C=O) groups is 2. The number of hydrogen-bond acceptors (Lipinski definition) is 3. The Balaban J connectivity index is 3.54. The van der Waals surface area contributed by atoms with Gasteiger partial charge in [0.25, 0.3) is 0 Å². The monoisotopic (exact) mass is 211 g/mol. The summed E-state index contributed by atoms with van der Waals surface area (Å²) < 4.78 is 1.34. The predicted molar refractivity (Wildman–Crippen MR) is 50.3 cm³/mol. The number of nitrogens with zero attached hydrogens (tertiary/aromatic N) is 1. The molecule has 0 saturated carbocycles. The minimum atomic E-state index is -1.43. The Hall–Kier alpha value is -2.11. The first-order valence-corrected chi connectivity index (χ1v) is 4.18. The summed E-state index contributed by atoms with van der Waals surface area (Å²) in [5.74, 6) is -2.85. The second-order valence-corrected chi connectivity index (χ2v) is 2.86. The van der Waals surface area contributed by atoms with Crippen LogP contribution in [-0.2, 0) is 6.54 Å². The van der Waals surface area contributed by atoms with Crippen molar-refractivity contribution < 1.29 is 19.8 Å². The molecule has 0 bridgehead atoms. The molecular weight excluding hydrogens is 202 g/mol. The maximum Gasteiger partial charge on any atom is 0.341 e. The SMILES string of the molecule is CCn1cc(C(=O)O)c(=O)c(C(=O)O)c1. The van der Waals surface area contributed by atoms with Crippen molar-refractivity contribution >= 4 is 11.9 Å². The van der Waals surface area contributed by atoms with Crippen LogP contribution in [0.3, 0.4) is 0 Å². The zero-order chi connectivity index (χ0) is 11.6. The molecule has 1 aromatic rings. The van der Waals surface area contributed by atoms with Gasteiger partial charge in [-0.15, -0.1) is 0 Å². The van der Waals surface area contributed by atoms with Gasteiger partial charge in [0.05, 0.1) is 0 Å². The summed E-state index contributed by atoms with van der Waals surface area (Å²) in [5.41, 5.74) is -2.03. The quantitative estimate of drug-likeness (QED) is 0.747. The summed E-state index contributed by atoms with van der Waals surface area (Å²) in [4.78, 5) is 32.7. The van der Waals surface area contributed by atoms with Crippen LogP contribution in [0.1, 0.15) is 27.6 Å². The summed E-state index contributed by atoms with van der Waals surface area (Å²) in [5, 5.41) is 17.4. The van der Waals surface area contributed by atoms with Crippen molar-refractivity contribution in [2.45, 2.75) is 13.5 Å². The third-order valence-electron chi connectivity index (χ3n) is 1.91. The van der Waals surface area contributed by atoms with Crippen molar-refractivity contribution in [2.24, 2.45) is 0 Å². The molecule has 0 aliphatic heterocycles. The van der Waals surface area contributed by atoms with Gasteiger partial charge in [-0.1, -0.05) is 0 Å². The topological polar surface area (TPSA) is 96.6 Å². The van der Waals surface area contributed by atoms with Gasteiger partial charge in [0.2, 0.25) is 5.43 Å². The van der Waals surface area contributed by atoms with E-state index in [-0.39, 0.29) is 0 Å². The number of aryl methyl sites for hydroxylation is 1. The fourth-order valence-electron chi connectivity index (χ4n) is 1.12. The summed E-state index contributed by atoms with van der Waals surface area (Å²) in [6, 6.07) is 0. The van der Waals surface area contributed by atoms with E-state index in [1.807, 2.05) is 0 Å². The summed E-state index contributed by atoms with van der Waals surface area (Å²) in [6.45, 7) is 2.10. The number of carboxylic acid groups (broad SMARTS) is 2. The Kier molecular flexibility index (Phi) is 2.89. The number of hydrogen-bond donors (Lipinski definition) is 2. The van der Waals surface area contributed by atoms with Gasteiger partial charge in [0.15, 0.2) is 0 Å². The van der Waals surface area contributed by atoms with Gasteiger partial charge in [-0.3, -0.25) is 4.79 Å². The van der Waals surface area contributed by atoms with Gasteiger partial charge in [0, 0.05) is 18.9 Å². The molecule has 2 N–H and O–H groups in total. The largest absolute Gasteiger partial charge is 0.477 e. The Bertz CT molecular complexity index is 436. The Morgan fingerprint density at radius 3 is 1.87 bits per heavy atom. The third kappa shape index (κ3) is 2.04. The van der Waals surface area contributed by atoms with Gasteiger partial charge < -0.3 is 14.8 Å². The fourth-order valence-corrected chi connectivity index (χ4v) is 1.12. The summed E-state index contributed by atoms with van der Waals surface area (Å²) in [7, 11) is 0. The predicted octanol–water partition coefficient (Wildman–Crippen LogP) is 0.265. The van der Waals surface area contributed by atoms with Gasteiger partial charge in [-0.2, -0.15) is 0 Å². The molecule has 15 heavy (non-hydrogen) atoms. The number of aromatic carboxylic acids is 2. The lowest BCUT2D eigenvalue weighted by atomic mass is 10.2. The molecule has 80 valence electrons. The molecule has 0 amide bonds. The van der Waals surface area contributed by atoms with Crippen LogP contribution < -0.4 is 5.43 Å². The number of rotatable bonds is 3. The van der Waals surface area contributed by atoms with Crippen LogP contribution in [-0.4, -0.2) is 26.7 Å². The molecule has 0 unspecified atom stereocenters. The number of aromatic nitrogens is 1. The van der Waals surface area contributed by atoms with E-state index in [1.54, 1.807) is 6.92 Å². The van der Waals surface area contributed by atoms with Crippen molar-refractivity contribution in [2.75, 3.05) is 0 Å². The van der Waals surface area contributed by atoms with E-state index in [1.165, 1.54) is 4.57 Å². The van der Waals surface area contributed by atoms with E-state index >= 15 is 0 Å². The van der Waals surface area contributed by atoms with Crippen molar-refractivity contribution in [3.05, 3.63) is 33.7 Å². The Morgan fingerprint density at radius 1 is 1.20 bits per heavy atom. The normalized spacial score (nSPS) is 9.93. The van der Waals surface area contributed by atoms with Gasteiger partial charge in [-0.05, 0) is 6.92 Å². The third-order valence-corrected chi connectivity index (χ3v) is 1.91. The molecule has 0 saturated heterocycles. The minimum absolute atomic E-state index is 0.390. The fraction of sp³-hybridized carbons (Fsp3) is 0.222. The van der Waals surface area contributed by atoms with Crippen molar-refractivity contribution in [3.63, 3.8) is 0 Å². The van der Waals surface area contributed by atoms with Gasteiger partial charge in [0.1, 0.15) is 11.1 Å². The van der Waals surface area contributed by atoms with Crippen LogP contribution in [0.15, 0.2) is 17.2 Å². The lowest BCUT2D eigenvalue weighted by Crippen LogP contribution is -2.24. The van der Waals surface area contributed by atoms with Crippen LogP contribution in [0.5, 0.6) is 0 Å². The van der Waals surface area contributed by atoms with Crippen LogP contribution in [0.2, 0.25) is 0 Å². The zero-order valence-electron chi connectivity index (χ0n) is 7.93. The van der Waals surface area contributed by atoms with E-state index in [9.17, 15) is 14.4 Å². The molecular formula is C9H9NO5. The van der Waals surface area contributed by atoms with E-state index in [0.717, 1.165) is 12.4 Å². The van der Waals surface area contributed by atoms with Crippen molar-refractivity contribution in [1.82, 2.24) is 4.57 Å². The molecule has 0 radical (unpaired) electrons. The van der Waals surface area contributed by atoms with E-state index in [2.05, 4.69) is 0 Å². The molecule has 0 aliphatic carbocycles. The average Bonchev–Trinajstić information content (AvgIpc) is 2.17. The highest BCUT2D eigenvalue weighted by atomic mass is 16.4. The second kappa shape index (κ2) is 3.95. The zero-order valence-corrected chi connectivity index (χ0v) is 7.93. The highest BCUT2D eigenvalue weighted by molar-refractivity contribution is 5.92. The lowest BCUT2D eigenvalue weighted by molar-refractivity contribution is 0.0693. The molecule has 0 fully saturated rings. The highest BCUT2D eigenvalue weighted by Crippen LogP contribution is 1.99. The molecule has 1 aromatic heterocycles. The summed E-state index contributed by atoms with van der Waals surface area (Å²) in [6.07, 6.45) is 2.24. The molecule has 0 aromatic carbocycles.